The Morgan fingerprint density at radius 2 is 1.90 bits per heavy atom. The van der Waals surface area contributed by atoms with Crippen LogP contribution < -0.4 is 5.32 Å². The molecule has 2 aliphatic rings. The summed E-state index contributed by atoms with van der Waals surface area (Å²) in [7, 11) is 0. The summed E-state index contributed by atoms with van der Waals surface area (Å²) in [6.45, 7) is 2.93. The van der Waals surface area contributed by atoms with E-state index in [-0.39, 0.29) is 11.7 Å². The summed E-state index contributed by atoms with van der Waals surface area (Å²) in [6.07, 6.45) is 5.28. The molecule has 0 saturated carbocycles. The van der Waals surface area contributed by atoms with E-state index < -0.39 is 0 Å². The van der Waals surface area contributed by atoms with Crippen LogP contribution in [0.3, 0.4) is 0 Å². The second kappa shape index (κ2) is 6.48. The highest BCUT2D eigenvalue weighted by Crippen LogP contribution is 2.26. The highest BCUT2D eigenvalue weighted by atomic mass is 16.3. The minimum absolute atomic E-state index is 0.207. The summed E-state index contributed by atoms with van der Waals surface area (Å²) in [6, 6.07) is 7.60. The van der Waals surface area contributed by atoms with Crippen LogP contribution in [0.5, 0.6) is 5.75 Å². The largest absolute Gasteiger partial charge is 0.508 e. The fraction of sp³-hybridized carbons (Fsp3) is 0.588. The normalized spacial score (nSPS) is 23.4. The van der Waals surface area contributed by atoms with Gasteiger partial charge in [0.05, 0.1) is 6.42 Å². The molecular weight excluding hydrogens is 264 g/mol. The molecule has 1 amide bonds. The predicted octanol–water partition coefficient (Wildman–Crippen LogP) is 1.93. The maximum atomic E-state index is 12.3. The molecule has 0 radical (unpaired) electrons. The van der Waals surface area contributed by atoms with Gasteiger partial charge >= 0.3 is 0 Å². The second-order valence-electron chi connectivity index (χ2n) is 6.26. The maximum absolute atomic E-state index is 12.3. The van der Waals surface area contributed by atoms with Crippen LogP contribution in [0.2, 0.25) is 0 Å². The van der Waals surface area contributed by atoms with Gasteiger partial charge in [0, 0.05) is 19.1 Å². The van der Waals surface area contributed by atoms with Crippen LogP contribution >= 0.6 is 0 Å². The molecule has 1 aromatic rings. The van der Waals surface area contributed by atoms with E-state index in [4.69, 9.17) is 0 Å². The summed E-state index contributed by atoms with van der Waals surface area (Å²) in [5, 5.41) is 12.9. The SMILES string of the molecule is O=C(Cc1ccc(O)cc1)N1CCC(C2CCCN2)CC1. The van der Waals surface area contributed by atoms with E-state index in [9.17, 15) is 9.90 Å². The number of carbonyl (C=O) groups excluding carboxylic acids is 1. The lowest BCUT2D eigenvalue weighted by Gasteiger charge is -2.35. The zero-order valence-corrected chi connectivity index (χ0v) is 12.4. The minimum Gasteiger partial charge on any atom is -0.508 e. The molecule has 1 unspecified atom stereocenters. The quantitative estimate of drug-likeness (QED) is 0.893. The van der Waals surface area contributed by atoms with Gasteiger partial charge in [-0.2, -0.15) is 0 Å². The van der Waals surface area contributed by atoms with Crippen LogP contribution in [0.4, 0.5) is 0 Å². The summed E-state index contributed by atoms with van der Waals surface area (Å²) in [4.78, 5) is 14.3. The van der Waals surface area contributed by atoms with Crippen molar-refractivity contribution in [1.29, 1.82) is 0 Å². The van der Waals surface area contributed by atoms with Gasteiger partial charge in [-0.15, -0.1) is 0 Å². The third-order valence-corrected chi connectivity index (χ3v) is 4.85. The molecule has 4 heteroatoms. The third-order valence-electron chi connectivity index (χ3n) is 4.85. The van der Waals surface area contributed by atoms with Crippen LogP contribution in [0.15, 0.2) is 24.3 Å². The fourth-order valence-corrected chi connectivity index (χ4v) is 3.57. The van der Waals surface area contributed by atoms with Crippen molar-refractivity contribution in [2.24, 2.45) is 5.92 Å². The van der Waals surface area contributed by atoms with E-state index in [0.29, 0.717) is 12.5 Å². The monoisotopic (exact) mass is 288 g/mol. The summed E-state index contributed by atoms with van der Waals surface area (Å²) in [5.74, 6) is 1.19. The zero-order valence-electron chi connectivity index (χ0n) is 12.4. The van der Waals surface area contributed by atoms with Crippen molar-refractivity contribution in [2.45, 2.75) is 38.1 Å². The average molecular weight is 288 g/mol. The van der Waals surface area contributed by atoms with Crippen molar-refractivity contribution >= 4 is 5.91 Å². The van der Waals surface area contributed by atoms with Crippen molar-refractivity contribution in [1.82, 2.24) is 10.2 Å². The van der Waals surface area contributed by atoms with Crippen LogP contribution in [0.25, 0.3) is 0 Å². The Balaban J connectivity index is 1.49. The lowest BCUT2D eigenvalue weighted by atomic mass is 9.88. The molecule has 1 aromatic carbocycles. The van der Waals surface area contributed by atoms with Gasteiger partial charge in [0.25, 0.3) is 0 Å². The number of phenolic OH excluding ortho intramolecular Hbond substituents is 1. The van der Waals surface area contributed by atoms with Gasteiger partial charge in [0.15, 0.2) is 0 Å². The second-order valence-corrected chi connectivity index (χ2v) is 6.26. The molecule has 114 valence electrons. The molecule has 2 fully saturated rings. The minimum atomic E-state index is 0.207. The first-order valence-electron chi connectivity index (χ1n) is 8.01. The molecular formula is C17H24N2O2. The molecule has 0 spiro atoms. The highest BCUT2D eigenvalue weighted by Gasteiger charge is 2.29. The average Bonchev–Trinajstić information content (AvgIpc) is 3.04. The number of rotatable bonds is 3. The lowest BCUT2D eigenvalue weighted by molar-refractivity contribution is -0.132. The Hall–Kier alpha value is -1.55. The van der Waals surface area contributed by atoms with E-state index in [1.54, 1.807) is 12.1 Å². The molecule has 21 heavy (non-hydrogen) atoms. The van der Waals surface area contributed by atoms with Gasteiger partial charge in [0.1, 0.15) is 5.75 Å². The molecule has 2 heterocycles. The Bertz CT molecular complexity index is 472. The maximum Gasteiger partial charge on any atom is 0.226 e. The molecule has 3 rings (SSSR count). The number of aromatic hydroxyl groups is 1. The molecule has 2 saturated heterocycles. The van der Waals surface area contributed by atoms with Gasteiger partial charge in [-0.05, 0) is 55.8 Å². The van der Waals surface area contributed by atoms with Crippen molar-refractivity contribution < 1.29 is 9.90 Å². The Morgan fingerprint density at radius 1 is 1.19 bits per heavy atom. The topological polar surface area (TPSA) is 52.6 Å². The molecule has 2 aliphatic heterocycles. The number of piperidine rings is 1. The number of phenols is 1. The Labute approximate surface area is 126 Å². The molecule has 1 atom stereocenters. The highest BCUT2D eigenvalue weighted by molar-refractivity contribution is 5.78. The van der Waals surface area contributed by atoms with E-state index >= 15 is 0 Å². The van der Waals surface area contributed by atoms with E-state index in [2.05, 4.69) is 5.32 Å². The molecule has 2 N–H and O–H groups in total. The Kier molecular flexibility index (Phi) is 4.44. The van der Waals surface area contributed by atoms with Gasteiger partial charge in [-0.25, -0.2) is 0 Å². The molecule has 4 nitrogen and oxygen atoms in total. The van der Waals surface area contributed by atoms with Crippen molar-refractivity contribution in [2.75, 3.05) is 19.6 Å². The number of hydrogen-bond donors (Lipinski definition) is 2. The number of carbonyl (C=O) groups is 1. The molecule has 0 aromatic heterocycles. The Morgan fingerprint density at radius 3 is 2.52 bits per heavy atom. The standard InChI is InChI=1S/C17H24N2O2/c20-15-5-3-13(4-6-15)12-17(21)19-10-7-14(8-11-19)16-2-1-9-18-16/h3-6,14,16,18,20H,1-2,7-12H2. The fourth-order valence-electron chi connectivity index (χ4n) is 3.57. The van der Waals surface area contributed by atoms with E-state index in [1.165, 1.54) is 12.8 Å². The van der Waals surface area contributed by atoms with Crippen molar-refractivity contribution in [3.63, 3.8) is 0 Å². The van der Waals surface area contributed by atoms with Crippen LogP contribution in [0.1, 0.15) is 31.2 Å². The number of amides is 1. The number of benzene rings is 1. The lowest BCUT2D eigenvalue weighted by Crippen LogP contribution is -2.43. The van der Waals surface area contributed by atoms with E-state index in [1.807, 2.05) is 17.0 Å². The third kappa shape index (κ3) is 3.56. The summed E-state index contributed by atoms with van der Waals surface area (Å²) < 4.78 is 0. The van der Waals surface area contributed by atoms with E-state index in [0.717, 1.165) is 44.0 Å². The predicted molar refractivity (Wildman–Crippen MR) is 82.1 cm³/mol. The molecule has 0 aliphatic carbocycles. The number of likely N-dealkylation sites (tertiary alicyclic amines) is 1. The van der Waals surface area contributed by atoms with Crippen LogP contribution in [-0.4, -0.2) is 41.6 Å². The van der Waals surface area contributed by atoms with Gasteiger partial charge < -0.3 is 15.3 Å². The molecule has 0 bridgehead atoms. The smallest absolute Gasteiger partial charge is 0.226 e. The summed E-state index contributed by atoms with van der Waals surface area (Å²) >= 11 is 0. The van der Waals surface area contributed by atoms with Crippen LogP contribution in [0, 0.1) is 5.92 Å². The first-order valence-corrected chi connectivity index (χ1v) is 8.01. The number of nitrogens with one attached hydrogen (secondary N) is 1. The first-order chi connectivity index (χ1) is 10.2. The van der Waals surface area contributed by atoms with Crippen LogP contribution in [-0.2, 0) is 11.2 Å². The zero-order chi connectivity index (χ0) is 14.7. The van der Waals surface area contributed by atoms with Gasteiger partial charge in [0.2, 0.25) is 5.91 Å². The van der Waals surface area contributed by atoms with Crippen molar-refractivity contribution in [3.8, 4) is 5.75 Å². The number of hydrogen-bond acceptors (Lipinski definition) is 3. The number of nitrogens with zero attached hydrogens (tertiary/aromatic N) is 1. The van der Waals surface area contributed by atoms with Gasteiger partial charge in [-0.1, -0.05) is 12.1 Å². The first kappa shape index (κ1) is 14.4. The van der Waals surface area contributed by atoms with Crippen molar-refractivity contribution in [3.05, 3.63) is 29.8 Å². The summed E-state index contributed by atoms with van der Waals surface area (Å²) in [5.41, 5.74) is 0.970. The van der Waals surface area contributed by atoms with Gasteiger partial charge in [-0.3, -0.25) is 4.79 Å².